The van der Waals surface area contributed by atoms with Crippen LogP contribution in [0.15, 0.2) is 0 Å². The van der Waals surface area contributed by atoms with Crippen LogP contribution in [0.25, 0.3) is 0 Å². The Labute approximate surface area is 168 Å². The molecule has 0 bridgehead atoms. The number of nitrogens with two attached hydrogens (primary N) is 2. The number of hydrogen-bond acceptors (Lipinski definition) is 4. The topological polar surface area (TPSA) is 144 Å². The summed E-state index contributed by atoms with van der Waals surface area (Å²) in [6, 6.07) is -1.78. The van der Waals surface area contributed by atoms with Crippen LogP contribution in [-0.2, 0) is 19.2 Å². The number of hydrogen-bond donors (Lipinski definition) is 4. The molecule has 0 unspecified atom stereocenters. The number of carbonyl (C=O) groups is 4. The summed E-state index contributed by atoms with van der Waals surface area (Å²) < 4.78 is 0. The Kier molecular flexibility index (Phi) is 14.7. The minimum absolute atomic E-state index is 0.0372. The first-order valence-corrected chi connectivity index (χ1v) is 10.4. The summed E-state index contributed by atoms with van der Waals surface area (Å²) in [5.41, 5.74) is 10.3. The van der Waals surface area contributed by atoms with Crippen molar-refractivity contribution in [1.82, 2.24) is 10.6 Å². The van der Waals surface area contributed by atoms with Crippen LogP contribution in [0.3, 0.4) is 0 Å². The second-order valence-electron chi connectivity index (χ2n) is 7.34. The maximum Gasteiger partial charge on any atom is 0.242 e. The van der Waals surface area contributed by atoms with Crippen molar-refractivity contribution in [3.63, 3.8) is 0 Å². The zero-order valence-electron chi connectivity index (χ0n) is 17.4. The zero-order chi connectivity index (χ0) is 21.4. The molecule has 0 saturated carbocycles. The summed E-state index contributed by atoms with van der Waals surface area (Å²) in [5, 5.41) is 5.07. The Balaban J connectivity index is 3.97. The van der Waals surface area contributed by atoms with Crippen molar-refractivity contribution in [3.8, 4) is 0 Å². The van der Waals surface area contributed by atoms with Crippen LogP contribution in [0, 0.1) is 0 Å². The van der Waals surface area contributed by atoms with E-state index in [4.69, 9.17) is 11.5 Å². The first kappa shape index (κ1) is 25.9. The van der Waals surface area contributed by atoms with Crippen LogP contribution in [0.5, 0.6) is 0 Å². The van der Waals surface area contributed by atoms with Crippen LogP contribution in [0.1, 0.15) is 90.9 Å². The van der Waals surface area contributed by atoms with Crippen LogP contribution >= 0.6 is 0 Å². The lowest BCUT2D eigenvalue weighted by Crippen LogP contribution is -2.52. The molecule has 0 aromatic rings. The Morgan fingerprint density at radius 2 is 1.32 bits per heavy atom. The molecule has 28 heavy (non-hydrogen) atoms. The fraction of sp³-hybridized carbons (Fsp3) is 0.800. The minimum atomic E-state index is -0.989. The van der Waals surface area contributed by atoms with E-state index in [0.717, 1.165) is 19.3 Å². The first-order chi connectivity index (χ1) is 13.3. The highest BCUT2D eigenvalue weighted by atomic mass is 16.2. The standard InChI is InChI=1S/C20H38N4O4/c1-3-4-5-6-7-8-9-10-11-12-18(26)23-15(2)20(28)24-16(19(22)27)13-14-17(21)25/h15-16H,3-14H2,1-2H3,(H2,21,25)(H2,22,27)(H,23,26)(H,24,28)/t15-,16+/m0/s1. The lowest BCUT2D eigenvalue weighted by Gasteiger charge is -2.19. The molecule has 2 atom stereocenters. The number of carbonyl (C=O) groups excluding carboxylic acids is 4. The van der Waals surface area contributed by atoms with E-state index in [0.29, 0.717) is 6.42 Å². The monoisotopic (exact) mass is 398 g/mol. The van der Waals surface area contributed by atoms with Gasteiger partial charge in [-0.3, -0.25) is 19.2 Å². The van der Waals surface area contributed by atoms with Gasteiger partial charge in [-0.15, -0.1) is 0 Å². The third kappa shape index (κ3) is 14.0. The first-order valence-electron chi connectivity index (χ1n) is 10.4. The molecule has 0 aromatic heterocycles. The molecule has 162 valence electrons. The molecule has 0 fully saturated rings. The van der Waals surface area contributed by atoms with E-state index in [1.54, 1.807) is 0 Å². The van der Waals surface area contributed by atoms with Crippen molar-refractivity contribution in [2.24, 2.45) is 11.5 Å². The average Bonchev–Trinajstić information content (AvgIpc) is 2.63. The number of nitrogens with one attached hydrogen (secondary N) is 2. The van der Waals surface area contributed by atoms with Gasteiger partial charge in [-0.05, 0) is 19.8 Å². The van der Waals surface area contributed by atoms with Gasteiger partial charge in [0.1, 0.15) is 12.1 Å². The summed E-state index contributed by atoms with van der Waals surface area (Å²) in [6.07, 6.45) is 10.8. The Hall–Kier alpha value is -2.12. The van der Waals surface area contributed by atoms with E-state index in [1.807, 2.05) is 0 Å². The van der Waals surface area contributed by atoms with Gasteiger partial charge in [-0.25, -0.2) is 0 Å². The fourth-order valence-corrected chi connectivity index (χ4v) is 2.84. The predicted octanol–water partition coefficient (Wildman–Crippen LogP) is 1.65. The van der Waals surface area contributed by atoms with Crippen LogP contribution in [0.4, 0.5) is 0 Å². The summed E-state index contributed by atoms with van der Waals surface area (Å²) >= 11 is 0. The van der Waals surface area contributed by atoms with Crippen molar-refractivity contribution >= 4 is 23.6 Å². The van der Waals surface area contributed by atoms with Gasteiger partial charge in [0.15, 0.2) is 0 Å². The lowest BCUT2D eigenvalue weighted by atomic mass is 10.1. The second kappa shape index (κ2) is 15.9. The SMILES string of the molecule is CCCCCCCCCCCC(=O)N[C@@H](C)C(=O)N[C@H](CCC(N)=O)C(N)=O. The minimum Gasteiger partial charge on any atom is -0.370 e. The predicted molar refractivity (Wildman–Crippen MR) is 109 cm³/mol. The normalized spacial score (nSPS) is 12.8. The summed E-state index contributed by atoms with van der Waals surface area (Å²) in [4.78, 5) is 46.2. The molecule has 0 rings (SSSR count). The van der Waals surface area contributed by atoms with Crippen molar-refractivity contribution in [2.45, 2.75) is 103 Å². The summed E-state index contributed by atoms with van der Waals surface area (Å²) in [7, 11) is 0. The molecule has 0 aliphatic carbocycles. The van der Waals surface area contributed by atoms with E-state index < -0.39 is 29.8 Å². The largest absolute Gasteiger partial charge is 0.370 e. The van der Waals surface area contributed by atoms with Crippen molar-refractivity contribution in [2.75, 3.05) is 0 Å². The molecule has 0 aliphatic heterocycles. The average molecular weight is 399 g/mol. The van der Waals surface area contributed by atoms with Gasteiger partial charge in [0, 0.05) is 12.8 Å². The molecule has 0 spiro atoms. The molecule has 4 amide bonds. The van der Waals surface area contributed by atoms with Gasteiger partial charge in [-0.1, -0.05) is 58.3 Å². The van der Waals surface area contributed by atoms with Gasteiger partial charge in [0.25, 0.3) is 0 Å². The third-order valence-corrected chi connectivity index (χ3v) is 4.62. The highest BCUT2D eigenvalue weighted by Crippen LogP contribution is 2.10. The second-order valence-corrected chi connectivity index (χ2v) is 7.34. The van der Waals surface area contributed by atoms with E-state index in [9.17, 15) is 19.2 Å². The Bertz CT molecular complexity index is 497. The molecular formula is C20H38N4O4. The van der Waals surface area contributed by atoms with Crippen molar-refractivity contribution < 1.29 is 19.2 Å². The molecule has 6 N–H and O–H groups in total. The zero-order valence-corrected chi connectivity index (χ0v) is 17.4. The van der Waals surface area contributed by atoms with Crippen LogP contribution in [-0.4, -0.2) is 35.7 Å². The van der Waals surface area contributed by atoms with Crippen molar-refractivity contribution in [3.05, 3.63) is 0 Å². The van der Waals surface area contributed by atoms with E-state index in [1.165, 1.54) is 45.4 Å². The van der Waals surface area contributed by atoms with Gasteiger partial charge in [-0.2, -0.15) is 0 Å². The molecule has 8 nitrogen and oxygen atoms in total. The molecule has 0 aromatic carbocycles. The van der Waals surface area contributed by atoms with E-state index in [2.05, 4.69) is 17.6 Å². The maximum absolute atomic E-state index is 12.1. The van der Waals surface area contributed by atoms with Crippen LogP contribution in [0.2, 0.25) is 0 Å². The highest BCUT2D eigenvalue weighted by molar-refractivity contribution is 5.91. The summed E-state index contributed by atoms with van der Waals surface area (Å²) in [6.45, 7) is 3.74. The van der Waals surface area contributed by atoms with Gasteiger partial charge in [0.05, 0.1) is 0 Å². The summed E-state index contributed by atoms with van der Waals surface area (Å²) in [5.74, 6) is -2.04. The lowest BCUT2D eigenvalue weighted by molar-refractivity contribution is -0.131. The van der Waals surface area contributed by atoms with Gasteiger partial charge >= 0.3 is 0 Å². The number of rotatable bonds is 17. The Morgan fingerprint density at radius 1 is 0.786 bits per heavy atom. The molecular weight excluding hydrogens is 360 g/mol. The smallest absolute Gasteiger partial charge is 0.242 e. The van der Waals surface area contributed by atoms with E-state index in [-0.39, 0.29) is 18.7 Å². The quantitative estimate of drug-likeness (QED) is 0.276. The fourth-order valence-electron chi connectivity index (χ4n) is 2.84. The number of primary amides is 2. The maximum atomic E-state index is 12.1. The number of unbranched alkanes of at least 4 members (excludes halogenated alkanes) is 8. The van der Waals surface area contributed by atoms with Gasteiger partial charge in [0.2, 0.25) is 23.6 Å². The highest BCUT2D eigenvalue weighted by Gasteiger charge is 2.22. The molecule has 8 heteroatoms. The number of amides is 4. The molecule has 0 saturated heterocycles. The van der Waals surface area contributed by atoms with E-state index >= 15 is 0 Å². The Morgan fingerprint density at radius 3 is 1.82 bits per heavy atom. The third-order valence-electron chi connectivity index (χ3n) is 4.62. The van der Waals surface area contributed by atoms with Crippen molar-refractivity contribution in [1.29, 1.82) is 0 Å². The molecule has 0 aliphatic rings. The van der Waals surface area contributed by atoms with Crippen LogP contribution < -0.4 is 22.1 Å². The van der Waals surface area contributed by atoms with Gasteiger partial charge < -0.3 is 22.1 Å². The molecule has 0 heterocycles. The molecule has 0 radical (unpaired) electrons.